The first kappa shape index (κ1) is 19.1. The fourth-order valence-electron chi connectivity index (χ4n) is 3.17. The zero-order valence-corrected chi connectivity index (χ0v) is 16.4. The summed E-state index contributed by atoms with van der Waals surface area (Å²) in [5.74, 6) is 0.770. The van der Waals surface area contributed by atoms with E-state index in [0.29, 0.717) is 6.04 Å². The quantitative estimate of drug-likeness (QED) is 0.856. The van der Waals surface area contributed by atoms with Crippen LogP contribution in [0.25, 0.3) is 11.3 Å². The molecule has 3 rings (SSSR count). The van der Waals surface area contributed by atoms with Crippen LogP contribution in [0.1, 0.15) is 46.5 Å². The lowest BCUT2D eigenvalue weighted by atomic mass is 9.91. The molecular weight excluding hydrogens is 344 g/mol. The number of hydrogen-bond acceptors (Lipinski definition) is 6. The predicted molar refractivity (Wildman–Crippen MR) is 103 cm³/mol. The summed E-state index contributed by atoms with van der Waals surface area (Å²) in [6.45, 7) is 5.61. The fourth-order valence-corrected chi connectivity index (χ4v) is 3.17. The maximum atomic E-state index is 11.9. The van der Waals surface area contributed by atoms with Crippen molar-refractivity contribution in [3.63, 3.8) is 0 Å². The molecule has 8 heteroatoms. The van der Waals surface area contributed by atoms with Crippen molar-refractivity contribution in [3.05, 3.63) is 24.8 Å². The third kappa shape index (κ3) is 5.67. The highest BCUT2D eigenvalue weighted by atomic mass is 16.6. The van der Waals surface area contributed by atoms with Crippen LogP contribution in [0.3, 0.4) is 0 Å². The molecule has 1 aliphatic carbocycles. The number of rotatable bonds is 4. The summed E-state index contributed by atoms with van der Waals surface area (Å²) in [6.07, 6.45) is 10.6. The lowest BCUT2D eigenvalue weighted by Gasteiger charge is -2.30. The summed E-state index contributed by atoms with van der Waals surface area (Å²) >= 11 is 0. The minimum Gasteiger partial charge on any atom is -0.444 e. The van der Waals surface area contributed by atoms with E-state index in [4.69, 9.17) is 4.74 Å². The van der Waals surface area contributed by atoms with Crippen LogP contribution in [0.2, 0.25) is 0 Å². The molecule has 2 aromatic heterocycles. The Bertz CT molecular complexity index is 757. The van der Waals surface area contributed by atoms with Crippen LogP contribution in [0.15, 0.2) is 24.8 Å². The molecule has 1 fully saturated rings. The fraction of sp³-hybridized carbons (Fsp3) is 0.579. The highest BCUT2D eigenvalue weighted by Crippen LogP contribution is 2.22. The molecule has 27 heavy (non-hydrogen) atoms. The molecule has 0 aromatic carbocycles. The first-order chi connectivity index (χ1) is 12.8. The van der Waals surface area contributed by atoms with Crippen LogP contribution < -0.4 is 10.6 Å². The maximum Gasteiger partial charge on any atom is 0.407 e. The first-order valence-corrected chi connectivity index (χ1v) is 9.35. The number of anilines is 1. The van der Waals surface area contributed by atoms with Crippen LogP contribution >= 0.6 is 0 Å². The molecule has 0 unspecified atom stereocenters. The second kappa shape index (κ2) is 7.94. The molecule has 1 amide bonds. The zero-order chi connectivity index (χ0) is 19.4. The standard InChI is InChI=1S/C19H28N6O2/c1-19(2,3)27-18(26)24-15-7-5-14(6-8-15)23-17-11-20-16(10-21-17)13-9-22-25(4)12-13/h9-12,14-15H,5-8H2,1-4H3,(H,21,23)(H,24,26). The normalized spacial score (nSPS) is 20.1. The third-order valence-electron chi connectivity index (χ3n) is 4.45. The number of nitrogens with zero attached hydrogens (tertiary/aromatic N) is 4. The van der Waals surface area contributed by atoms with Gasteiger partial charge in [-0.1, -0.05) is 0 Å². The van der Waals surface area contributed by atoms with E-state index in [1.807, 2.05) is 34.0 Å². The summed E-state index contributed by atoms with van der Waals surface area (Å²) in [5, 5.41) is 10.6. The Balaban J connectivity index is 1.46. The molecule has 8 nitrogen and oxygen atoms in total. The van der Waals surface area contributed by atoms with Gasteiger partial charge in [0.05, 0.1) is 24.3 Å². The van der Waals surface area contributed by atoms with E-state index in [9.17, 15) is 4.79 Å². The number of aryl methyl sites for hydroxylation is 1. The zero-order valence-electron chi connectivity index (χ0n) is 16.4. The summed E-state index contributed by atoms with van der Waals surface area (Å²) < 4.78 is 7.07. The van der Waals surface area contributed by atoms with E-state index in [2.05, 4.69) is 25.7 Å². The monoisotopic (exact) mass is 372 g/mol. The van der Waals surface area contributed by atoms with Crippen molar-refractivity contribution in [2.45, 2.75) is 64.1 Å². The van der Waals surface area contributed by atoms with Gasteiger partial charge in [0, 0.05) is 30.9 Å². The van der Waals surface area contributed by atoms with Crippen LogP contribution in [0.4, 0.5) is 10.6 Å². The van der Waals surface area contributed by atoms with Crippen molar-refractivity contribution in [1.29, 1.82) is 0 Å². The smallest absolute Gasteiger partial charge is 0.407 e. The number of carbonyl (C=O) groups is 1. The maximum absolute atomic E-state index is 11.9. The SMILES string of the molecule is Cn1cc(-c2cnc(NC3CCC(NC(=O)OC(C)(C)C)CC3)cn2)cn1. The van der Waals surface area contributed by atoms with Crippen molar-refractivity contribution in [2.24, 2.45) is 7.05 Å². The van der Waals surface area contributed by atoms with Crippen LogP contribution in [-0.4, -0.2) is 43.5 Å². The molecule has 0 saturated heterocycles. The molecule has 2 N–H and O–H groups in total. The molecule has 1 aliphatic rings. The third-order valence-corrected chi connectivity index (χ3v) is 4.45. The average Bonchev–Trinajstić information content (AvgIpc) is 3.02. The molecule has 2 heterocycles. The van der Waals surface area contributed by atoms with E-state index >= 15 is 0 Å². The van der Waals surface area contributed by atoms with Gasteiger partial charge in [-0.25, -0.2) is 9.78 Å². The van der Waals surface area contributed by atoms with Crippen molar-refractivity contribution >= 4 is 11.9 Å². The van der Waals surface area contributed by atoms with E-state index in [-0.39, 0.29) is 12.1 Å². The Hall–Kier alpha value is -2.64. The van der Waals surface area contributed by atoms with Crippen molar-refractivity contribution in [2.75, 3.05) is 5.32 Å². The Morgan fingerprint density at radius 1 is 1.11 bits per heavy atom. The summed E-state index contributed by atoms with van der Waals surface area (Å²) in [6, 6.07) is 0.497. The van der Waals surface area contributed by atoms with Crippen molar-refractivity contribution in [1.82, 2.24) is 25.1 Å². The van der Waals surface area contributed by atoms with Gasteiger partial charge in [-0.05, 0) is 46.5 Å². The molecule has 0 spiro atoms. The van der Waals surface area contributed by atoms with Crippen molar-refractivity contribution in [3.8, 4) is 11.3 Å². The summed E-state index contributed by atoms with van der Waals surface area (Å²) in [5.41, 5.74) is 1.29. The van der Waals surface area contributed by atoms with E-state index in [0.717, 1.165) is 42.8 Å². The number of aromatic nitrogens is 4. The Kier molecular flexibility index (Phi) is 5.62. The minimum absolute atomic E-state index is 0.164. The number of hydrogen-bond donors (Lipinski definition) is 2. The van der Waals surface area contributed by atoms with Crippen molar-refractivity contribution < 1.29 is 9.53 Å². The van der Waals surface area contributed by atoms with Crippen LogP contribution in [-0.2, 0) is 11.8 Å². The molecule has 0 radical (unpaired) electrons. The van der Waals surface area contributed by atoms with Crippen LogP contribution in [0, 0.1) is 0 Å². The van der Waals surface area contributed by atoms with Gasteiger partial charge in [0.25, 0.3) is 0 Å². The Morgan fingerprint density at radius 2 is 1.81 bits per heavy atom. The van der Waals surface area contributed by atoms with Gasteiger partial charge >= 0.3 is 6.09 Å². The van der Waals surface area contributed by atoms with E-state index in [1.165, 1.54) is 0 Å². The van der Waals surface area contributed by atoms with Gasteiger partial charge in [-0.3, -0.25) is 9.67 Å². The largest absolute Gasteiger partial charge is 0.444 e. The van der Waals surface area contributed by atoms with Gasteiger partial charge in [-0.2, -0.15) is 5.10 Å². The van der Waals surface area contributed by atoms with Gasteiger partial charge in [0.15, 0.2) is 0 Å². The second-order valence-electron chi connectivity index (χ2n) is 8.03. The molecule has 0 atom stereocenters. The average molecular weight is 372 g/mol. The van der Waals surface area contributed by atoms with E-state index in [1.54, 1.807) is 23.3 Å². The number of amides is 1. The predicted octanol–water partition coefficient (Wildman–Crippen LogP) is 3.12. The molecular formula is C19H28N6O2. The van der Waals surface area contributed by atoms with E-state index < -0.39 is 5.60 Å². The molecule has 2 aromatic rings. The second-order valence-corrected chi connectivity index (χ2v) is 8.03. The Morgan fingerprint density at radius 3 is 2.37 bits per heavy atom. The van der Waals surface area contributed by atoms with Crippen LogP contribution in [0.5, 0.6) is 0 Å². The highest BCUT2D eigenvalue weighted by molar-refractivity contribution is 5.68. The molecule has 0 bridgehead atoms. The van der Waals surface area contributed by atoms with Gasteiger partial charge in [0.1, 0.15) is 11.4 Å². The minimum atomic E-state index is -0.469. The summed E-state index contributed by atoms with van der Waals surface area (Å²) in [4.78, 5) is 20.8. The molecule has 1 saturated carbocycles. The lowest BCUT2D eigenvalue weighted by molar-refractivity contribution is 0.0492. The number of alkyl carbamates (subject to hydrolysis) is 1. The number of nitrogens with one attached hydrogen (secondary N) is 2. The molecule has 146 valence electrons. The van der Waals surface area contributed by atoms with Gasteiger partial charge < -0.3 is 15.4 Å². The highest BCUT2D eigenvalue weighted by Gasteiger charge is 2.24. The topological polar surface area (TPSA) is 94.0 Å². The van der Waals surface area contributed by atoms with Gasteiger partial charge in [0.2, 0.25) is 0 Å². The van der Waals surface area contributed by atoms with Gasteiger partial charge in [-0.15, -0.1) is 0 Å². The Labute approximate surface area is 159 Å². The first-order valence-electron chi connectivity index (χ1n) is 9.35. The number of carbonyl (C=O) groups excluding carboxylic acids is 1. The number of ether oxygens (including phenoxy) is 1. The lowest BCUT2D eigenvalue weighted by Crippen LogP contribution is -2.42. The molecule has 0 aliphatic heterocycles. The summed E-state index contributed by atoms with van der Waals surface area (Å²) in [7, 11) is 1.88.